The van der Waals surface area contributed by atoms with Gasteiger partial charge >= 0.3 is 0 Å². The first-order valence-electron chi connectivity index (χ1n) is 14.5. The molecule has 0 aliphatic carbocycles. The van der Waals surface area contributed by atoms with Crippen molar-refractivity contribution in [2.24, 2.45) is 20.8 Å². The van der Waals surface area contributed by atoms with Crippen LogP contribution in [-0.2, 0) is 15.1 Å². The molecule has 15 heteroatoms. The molecule has 5 rings (SSSR count). The summed E-state index contributed by atoms with van der Waals surface area (Å²) in [5.41, 5.74) is 17.9. The molecule has 1 atom stereocenters. The van der Waals surface area contributed by atoms with E-state index in [0.29, 0.717) is 30.3 Å². The van der Waals surface area contributed by atoms with Crippen LogP contribution in [0, 0.1) is 0 Å². The molecule has 0 amide bonds. The molecular weight excluding hydrogens is 586 g/mol. The number of anilines is 2. The third-order valence-corrected chi connectivity index (χ3v) is 8.77. The lowest BCUT2D eigenvalue weighted by atomic mass is 9.57. The molecule has 2 aromatic heterocycles. The molecule has 4 heterocycles. The van der Waals surface area contributed by atoms with Crippen LogP contribution < -0.4 is 21.7 Å². The van der Waals surface area contributed by atoms with Gasteiger partial charge in [-0.1, -0.05) is 25.1 Å². The first-order chi connectivity index (χ1) is 21.3. The van der Waals surface area contributed by atoms with Crippen LogP contribution >= 0.6 is 0 Å². The number of nitrogens with zero attached hydrogens (tertiary/aromatic N) is 7. The SMILES string of the molecule is [B]C([B])(c1cccc(N=S(C)(C)=O)n1)N1CC(n2ncc3c2C(CC)N(C)c2c(NC(=C/C(N)=NC)/C(N)=C\O)cccc2-3)C1. The monoisotopic (exact) mass is 624 g/mol. The highest BCUT2D eigenvalue weighted by Gasteiger charge is 2.42. The number of benzene rings is 1. The number of nitrogens with two attached hydrogens (primary N) is 2. The molecule has 0 saturated carbocycles. The van der Waals surface area contributed by atoms with Gasteiger partial charge in [0, 0.05) is 72.3 Å². The molecule has 1 saturated heterocycles. The predicted molar refractivity (Wildman–Crippen MR) is 183 cm³/mol. The average molecular weight is 624 g/mol. The van der Waals surface area contributed by atoms with Gasteiger partial charge in [-0.05, 0) is 30.0 Å². The minimum Gasteiger partial charge on any atom is -0.513 e. The van der Waals surface area contributed by atoms with E-state index < -0.39 is 15.1 Å². The standard InChI is InChI=1S/C30H38B2N10O2S/c1-6-24-29-20(19-9-7-10-22(28(19)40(24)3)37-23(21(33)17-43)13-26(34)35-2)14-36-42(29)18-15-41(16-18)30(31,32)25-11-8-12-27(38-25)39-45(4,5)44/h7-14,17-18,24,37,43H,6,15-16,33H2,1-5H3,(H2,34,35)/b21-17+,23-13+. The lowest BCUT2D eigenvalue weighted by Gasteiger charge is -2.50. The summed E-state index contributed by atoms with van der Waals surface area (Å²) in [4.78, 5) is 12.7. The van der Waals surface area contributed by atoms with Gasteiger partial charge in [0.25, 0.3) is 0 Å². The Labute approximate surface area is 267 Å². The van der Waals surface area contributed by atoms with Gasteiger partial charge in [0.15, 0.2) is 5.82 Å². The van der Waals surface area contributed by atoms with E-state index in [1.807, 2.05) is 23.2 Å². The quantitative estimate of drug-likeness (QED) is 0.0922. The van der Waals surface area contributed by atoms with Gasteiger partial charge in [0.05, 0.1) is 62.4 Å². The summed E-state index contributed by atoms with van der Waals surface area (Å²) in [7, 11) is 14.5. The number of pyridine rings is 1. The highest BCUT2D eigenvalue weighted by molar-refractivity contribution is 7.92. The van der Waals surface area contributed by atoms with Crippen molar-refractivity contribution in [3.8, 4) is 11.1 Å². The van der Waals surface area contributed by atoms with Crippen molar-refractivity contribution < 1.29 is 9.32 Å². The summed E-state index contributed by atoms with van der Waals surface area (Å²) in [5.74, 6) is 0.594. The van der Waals surface area contributed by atoms with Crippen molar-refractivity contribution in [3.05, 3.63) is 77.7 Å². The van der Waals surface area contributed by atoms with Crippen LogP contribution in [0.25, 0.3) is 11.1 Å². The Kier molecular flexibility index (Phi) is 8.78. The summed E-state index contributed by atoms with van der Waals surface area (Å²) in [5, 5.41) is 16.5. The Morgan fingerprint density at radius 2 is 1.91 bits per heavy atom. The Morgan fingerprint density at radius 3 is 2.56 bits per heavy atom. The molecule has 1 fully saturated rings. The highest BCUT2D eigenvalue weighted by Crippen LogP contribution is 2.50. The number of hydrogen-bond donors (Lipinski definition) is 4. The highest BCUT2D eigenvalue weighted by atomic mass is 32.2. The molecule has 12 nitrogen and oxygen atoms in total. The van der Waals surface area contributed by atoms with Crippen LogP contribution in [-0.4, -0.2) is 90.2 Å². The van der Waals surface area contributed by atoms with Gasteiger partial charge in [-0.3, -0.25) is 9.67 Å². The number of aromatic nitrogens is 3. The minimum absolute atomic E-state index is 0.0193. The maximum Gasteiger partial charge on any atom is 0.161 e. The number of aliphatic hydroxyl groups is 1. The zero-order valence-electron chi connectivity index (χ0n) is 26.2. The molecular formula is C30H38B2N10O2S. The normalized spacial score (nSPS) is 18.3. The Bertz CT molecular complexity index is 1810. The van der Waals surface area contributed by atoms with E-state index in [9.17, 15) is 9.32 Å². The summed E-state index contributed by atoms with van der Waals surface area (Å²) in [6, 6.07) is 11.3. The number of aliphatic hydroxyl groups excluding tert-OH is 1. The first kappa shape index (κ1) is 32.2. The minimum atomic E-state index is -2.39. The maximum absolute atomic E-state index is 12.2. The molecule has 6 N–H and O–H groups in total. The van der Waals surface area contributed by atoms with Gasteiger partial charge in [0.2, 0.25) is 0 Å². The van der Waals surface area contributed by atoms with Crippen molar-refractivity contribution in [2.75, 3.05) is 49.9 Å². The number of para-hydroxylation sites is 1. The van der Waals surface area contributed by atoms with Crippen LogP contribution in [0.2, 0.25) is 0 Å². The van der Waals surface area contributed by atoms with E-state index in [2.05, 4.69) is 49.3 Å². The molecule has 2 aliphatic rings. The van der Waals surface area contributed by atoms with E-state index in [4.69, 9.17) is 32.3 Å². The summed E-state index contributed by atoms with van der Waals surface area (Å²) in [6.45, 7) is 3.28. The Morgan fingerprint density at radius 1 is 1.20 bits per heavy atom. The number of amidine groups is 1. The van der Waals surface area contributed by atoms with E-state index in [1.54, 1.807) is 43.8 Å². The zero-order valence-corrected chi connectivity index (χ0v) is 27.0. The molecule has 1 aromatic carbocycles. The predicted octanol–water partition coefficient (Wildman–Crippen LogP) is 2.85. The van der Waals surface area contributed by atoms with Crippen molar-refractivity contribution >= 4 is 48.4 Å². The lowest BCUT2D eigenvalue weighted by Crippen LogP contribution is -2.60. The number of likely N-dealkylation sites (tertiary alicyclic amines) is 1. The van der Waals surface area contributed by atoms with Crippen molar-refractivity contribution in [1.82, 2.24) is 19.7 Å². The fourth-order valence-electron chi connectivity index (χ4n) is 5.87. The Balaban J connectivity index is 1.45. The second-order valence-electron chi connectivity index (χ2n) is 11.6. The molecule has 0 spiro atoms. The van der Waals surface area contributed by atoms with Crippen LogP contribution in [0.5, 0.6) is 0 Å². The van der Waals surface area contributed by atoms with E-state index in [1.165, 1.54) is 0 Å². The van der Waals surface area contributed by atoms with Crippen LogP contribution in [0.15, 0.2) is 75.7 Å². The van der Waals surface area contributed by atoms with Crippen molar-refractivity contribution in [2.45, 2.75) is 30.8 Å². The number of fused-ring (bicyclic) bond motifs is 3. The molecule has 0 bridgehead atoms. The van der Waals surface area contributed by atoms with Crippen LogP contribution in [0.3, 0.4) is 0 Å². The van der Waals surface area contributed by atoms with Crippen LogP contribution in [0.1, 0.15) is 36.8 Å². The zero-order chi connectivity index (χ0) is 32.7. The molecule has 45 heavy (non-hydrogen) atoms. The van der Waals surface area contributed by atoms with Gasteiger partial charge in [0.1, 0.15) is 12.1 Å². The number of rotatable bonds is 9. The maximum atomic E-state index is 12.2. The van der Waals surface area contributed by atoms with E-state index >= 15 is 0 Å². The first-order valence-corrected chi connectivity index (χ1v) is 16.8. The number of nitrogens with one attached hydrogen (secondary N) is 1. The molecule has 232 valence electrons. The smallest absolute Gasteiger partial charge is 0.161 e. The van der Waals surface area contributed by atoms with Gasteiger partial charge < -0.3 is 31.7 Å². The molecule has 3 aromatic rings. The Hall–Kier alpha value is -4.23. The number of aliphatic imine (C=N–C) groups is 1. The van der Waals surface area contributed by atoms with Crippen LogP contribution in [0.4, 0.5) is 17.2 Å². The largest absolute Gasteiger partial charge is 0.513 e. The van der Waals surface area contributed by atoms with Gasteiger partial charge in [-0.2, -0.15) is 9.46 Å². The average Bonchev–Trinajstić information content (AvgIpc) is 3.39. The van der Waals surface area contributed by atoms with Crippen molar-refractivity contribution in [3.63, 3.8) is 0 Å². The van der Waals surface area contributed by atoms with Gasteiger partial charge in [-0.25, -0.2) is 9.19 Å². The molecule has 2 aliphatic heterocycles. The topological polar surface area (TPSA) is 163 Å². The van der Waals surface area contributed by atoms with E-state index in [0.717, 1.165) is 40.9 Å². The van der Waals surface area contributed by atoms with Crippen molar-refractivity contribution in [1.29, 1.82) is 0 Å². The fourth-order valence-corrected chi connectivity index (χ4v) is 6.42. The third-order valence-electron chi connectivity index (χ3n) is 8.14. The second kappa shape index (κ2) is 12.3. The lowest BCUT2D eigenvalue weighted by molar-refractivity contribution is 0.0615. The number of hydrogen-bond acceptors (Lipinski definition) is 10. The second-order valence-corrected chi connectivity index (χ2v) is 14.1. The summed E-state index contributed by atoms with van der Waals surface area (Å²) >= 11 is 0. The van der Waals surface area contributed by atoms with E-state index in [-0.39, 0.29) is 23.6 Å². The summed E-state index contributed by atoms with van der Waals surface area (Å²) < 4.78 is 18.5. The third kappa shape index (κ3) is 6.19. The van der Waals surface area contributed by atoms with Gasteiger partial charge in [-0.15, -0.1) is 0 Å². The fraction of sp³-hybridized carbons (Fsp3) is 0.367. The molecule has 4 radical (unpaired) electrons. The summed E-state index contributed by atoms with van der Waals surface area (Å²) in [6.07, 6.45) is 8.25. The molecule has 1 unspecified atom stereocenters.